The van der Waals surface area contributed by atoms with Gasteiger partial charge in [0.15, 0.2) is 0 Å². The van der Waals surface area contributed by atoms with Gasteiger partial charge in [0.25, 0.3) is 5.91 Å². The zero-order valence-corrected chi connectivity index (χ0v) is 11.7. The summed E-state index contributed by atoms with van der Waals surface area (Å²) in [6.07, 6.45) is 1.98. The fourth-order valence-corrected chi connectivity index (χ4v) is 1.86. The fraction of sp³-hybridized carbons (Fsp3) is 0.357. The van der Waals surface area contributed by atoms with Gasteiger partial charge < -0.3 is 10.1 Å². The number of imide groups is 1. The third-order valence-electron chi connectivity index (χ3n) is 3.36. The van der Waals surface area contributed by atoms with Gasteiger partial charge in [-0.3, -0.25) is 4.79 Å². The molecule has 0 saturated carbocycles. The Morgan fingerprint density at radius 1 is 1.45 bits per heavy atom. The maximum Gasteiger partial charge on any atom is 0.346 e. The molecule has 1 aliphatic heterocycles. The molecule has 1 N–H and O–H groups in total. The second kappa shape index (κ2) is 5.32. The van der Waals surface area contributed by atoms with Crippen molar-refractivity contribution in [3.05, 3.63) is 29.8 Å². The van der Waals surface area contributed by atoms with Crippen LogP contribution in [0.4, 0.5) is 4.79 Å². The highest BCUT2D eigenvalue weighted by Gasteiger charge is 2.46. The van der Waals surface area contributed by atoms with Crippen molar-refractivity contribution in [3.8, 4) is 5.75 Å². The lowest BCUT2D eigenvalue weighted by Gasteiger charge is -2.17. The van der Waals surface area contributed by atoms with Gasteiger partial charge in [-0.2, -0.15) is 5.10 Å². The van der Waals surface area contributed by atoms with E-state index < -0.39 is 11.6 Å². The molecule has 1 fully saturated rings. The Hall–Kier alpha value is -2.37. The van der Waals surface area contributed by atoms with Gasteiger partial charge in [0.1, 0.15) is 11.3 Å². The van der Waals surface area contributed by atoms with E-state index in [1.165, 1.54) is 6.21 Å². The number of rotatable bonds is 4. The number of urea groups is 1. The van der Waals surface area contributed by atoms with Crippen LogP contribution in [-0.2, 0) is 4.79 Å². The van der Waals surface area contributed by atoms with Crippen molar-refractivity contribution in [1.82, 2.24) is 10.3 Å². The third-order valence-corrected chi connectivity index (χ3v) is 3.36. The molecule has 3 amide bonds. The number of hydrogen-bond acceptors (Lipinski definition) is 4. The van der Waals surface area contributed by atoms with Gasteiger partial charge in [-0.15, -0.1) is 5.01 Å². The first-order valence-corrected chi connectivity index (χ1v) is 6.35. The second-order valence-electron chi connectivity index (χ2n) is 4.75. The number of carbonyl (C=O) groups excluding carboxylic acids is 2. The number of nitrogens with zero attached hydrogens (tertiary/aromatic N) is 2. The first kappa shape index (κ1) is 14.0. The standard InChI is InChI=1S/C14H17N3O3/c1-4-14(2)12(18)17(13(19)16-14)15-9-10-6-5-7-11(8-10)20-3/h5-9H,4H2,1-3H3,(H,16,19)/b15-9+. The predicted octanol–water partition coefficient (Wildman–Crippen LogP) is 1.75. The van der Waals surface area contributed by atoms with Crippen LogP contribution in [0.5, 0.6) is 5.75 Å². The van der Waals surface area contributed by atoms with Crippen molar-refractivity contribution >= 4 is 18.2 Å². The Kier molecular flexibility index (Phi) is 3.74. The molecular formula is C14H17N3O3. The summed E-state index contributed by atoms with van der Waals surface area (Å²) in [4.78, 5) is 23.9. The first-order valence-electron chi connectivity index (χ1n) is 6.35. The molecule has 1 aromatic rings. The molecule has 1 saturated heterocycles. The maximum atomic E-state index is 12.1. The Morgan fingerprint density at radius 2 is 2.20 bits per heavy atom. The summed E-state index contributed by atoms with van der Waals surface area (Å²) in [5.74, 6) is 0.341. The Morgan fingerprint density at radius 3 is 2.80 bits per heavy atom. The molecule has 1 aromatic carbocycles. The molecule has 1 unspecified atom stereocenters. The molecule has 0 aliphatic carbocycles. The van der Waals surface area contributed by atoms with E-state index in [2.05, 4.69) is 10.4 Å². The largest absolute Gasteiger partial charge is 0.497 e. The minimum atomic E-state index is -0.872. The zero-order valence-electron chi connectivity index (χ0n) is 11.7. The minimum absolute atomic E-state index is 0.343. The van der Waals surface area contributed by atoms with E-state index in [4.69, 9.17) is 4.74 Å². The molecular weight excluding hydrogens is 258 g/mol. The van der Waals surface area contributed by atoms with Crippen LogP contribution in [0, 0.1) is 0 Å². The molecule has 0 spiro atoms. The molecule has 6 heteroatoms. The summed E-state index contributed by atoms with van der Waals surface area (Å²) < 4.78 is 5.10. The van der Waals surface area contributed by atoms with E-state index in [-0.39, 0.29) is 5.91 Å². The van der Waals surface area contributed by atoms with Crippen LogP contribution in [0.2, 0.25) is 0 Å². The number of nitrogens with one attached hydrogen (secondary N) is 1. The van der Waals surface area contributed by atoms with E-state index in [1.54, 1.807) is 26.2 Å². The van der Waals surface area contributed by atoms with Crippen molar-refractivity contribution in [2.75, 3.05) is 7.11 Å². The van der Waals surface area contributed by atoms with Crippen LogP contribution in [0.3, 0.4) is 0 Å². The number of ether oxygens (including phenoxy) is 1. The van der Waals surface area contributed by atoms with Gasteiger partial charge in [-0.25, -0.2) is 4.79 Å². The number of benzene rings is 1. The fourth-order valence-electron chi connectivity index (χ4n) is 1.86. The summed E-state index contributed by atoms with van der Waals surface area (Å²) in [7, 11) is 1.57. The molecule has 20 heavy (non-hydrogen) atoms. The molecule has 1 heterocycles. The van der Waals surface area contributed by atoms with Gasteiger partial charge in [0.05, 0.1) is 13.3 Å². The highest BCUT2D eigenvalue weighted by Crippen LogP contribution is 2.21. The van der Waals surface area contributed by atoms with Crippen LogP contribution >= 0.6 is 0 Å². The number of amides is 3. The molecule has 0 radical (unpaired) electrons. The van der Waals surface area contributed by atoms with Crippen molar-refractivity contribution < 1.29 is 14.3 Å². The second-order valence-corrected chi connectivity index (χ2v) is 4.75. The molecule has 0 bridgehead atoms. The monoisotopic (exact) mass is 275 g/mol. The van der Waals surface area contributed by atoms with Crippen molar-refractivity contribution in [2.24, 2.45) is 5.10 Å². The summed E-state index contributed by atoms with van der Waals surface area (Å²) >= 11 is 0. The number of hydrazone groups is 1. The lowest BCUT2D eigenvalue weighted by Crippen LogP contribution is -2.42. The highest BCUT2D eigenvalue weighted by atomic mass is 16.5. The lowest BCUT2D eigenvalue weighted by atomic mass is 10.00. The number of methoxy groups -OCH3 is 1. The number of carbonyl (C=O) groups is 2. The average Bonchev–Trinajstić information content (AvgIpc) is 2.68. The van der Waals surface area contributed by atoms with Crippen LogP contribution in [0.25, 0.3) is 0 Å². The van der Waals surface area contributed by atoms with E-state index in [0.29, 0.717) is 12.2 Å². The van der Waals surface area contributed by atoms with E-state index in [1.807, 2.05) is 19.1 Å². The van der Waals surface area contributed by atoms with Gasteiger partial charge in [0.2, 0.25) is 0 Å². The Bertz CT molecular complexity index is 571. The normalized spacial score (nSPS) is 22.4. The highest BCUT2D eigenvalue weighted by molar-refractivity contribution is 6.07. The summed E-state index contributed by atoms with van der Waals surface area (Å²) in [5.41, 5.74) is -0.127. The molecule has 1 aliphatic rings. The van der Waals surface area contributed by atoms with Crippen LogP contribution in [-0.4, -0.2) is 35.8 Å². The lowest BCUT2D eigenvalue weighted by molar-refractivity contribution is -0.130. The first-order chi connectivity index (χ1) is 9.50. The topological polar surface area (TPSA) is 71.0 Å². The summed E-state index contributed by atoms with van der Waals surface area (Å²) in [6.45, 7) is 3.53. The summed E-state index contributed by atoms with van der Waals surface area (Å²) in [5, 5.41) is 7.47. The maximum absolute atomic E-state index is 12.1. The van der Waals surface area contributed by atoms with Gasteiger partial charge >= 0.3 is 6.03 Å². The predicted molar refractivity (Wildman–Crippen MR) is 74.7 cm³/mol. The van der Waals surface area contributed by atoms with E-state index in [0.717, 1.165) is 10.6 Å². The van der Waals surface area contributed by atoms with Gasteiger partial charge in [0, 0.05) is 0 Å². The number of hydrogen-bond donors (Lipinski definition) is 1. The minimum Gasteiger partial charge on any atom is -0.497 e. The van der Waals surface area contributed by atoms with E-state index >= 15 is 0 Å². The Labute approximate surface area is 117 Å². The molecule has 0 aromatic heterocycles. The molecule has 6 nitrogen and oxygen atoms in total. The van der Waals surface area contributed by atoms with E-state index in [9.17, 15) is 9.59 Å². The quantitative estimate of drug-likeness (QED) is 0.672. The summed E-state index contributed by atoms with van der Waals surface area (Å²) in [6, 6.07) is 6.69. The van der Waals surface area contributed by atoms with Gasteiger partial charge in [-0.05, 0) is 31.0 Å². The van der Waals surface area contributed by atoms with Crippen LogP contribution in [0.15, 0.2) is 29.4 Å². The molecule has 2 rings (SSSR count). The SMILES string of the molecule is CCC1(C)NC(=O)N(/N=C/c2cccc(OC)c2)C1=O. The average molecular weight is 275 g/mol. The van der Waals surface area contributed by atoms with Crippen LogP contribution in [0.1, 0.15) is 25.8 Å². The van der Waals surface area contributed by atoms with Crippen molar-refractivity contribution in [3.63, 3.8) is 0 Å². The Balaban J connectivity index is 2.19. The molecule has 1 atom stereocenters. The van der Waals surface area contributed by atoms with Gasteiger partial charge in [-0.1, -0.05) is 19.1 Å². The van der Waals surface area contributed by atoms with Crippen molar-refractivity contribution in [2.45, 2.75) is 25.8 Å². The molecule has 106 valence electrons. The third kappa shape index (κ3) is 2.49. The van der Waals surface area contributed by atoms with Crippen molar-refractivity contribution in [1.29, 1.82) is 0 Å². The smallest absolute Gasteiger partial charge is 0.346 e. The zero-order chi connectivity index (χ0) is 14.8. The van der Waals surface area contributed by atoms with Crippen LogP contribution < -0.4 is 10.1 Å².